The second-order valence-corrected chi connectivity index (χ2v) is 8.88. The molecular weight excluding hydrogens is 396 g/mol. The molecule has 7 heteroatoms. The largest absolute Gasteiger partial charge is 0.374 e. The molecule has 5 nitrogen and oxygen atoms in total. The maximum atomic E-state index is 11.4. The molecule has 1 aliphatic carbocycles. The van der Waals surface area contributed by atoms with Crippen LogP contribution in [0.15, 0.2) is 42.5 Å². The van der Waals surface area contributed by atoms with Gasteiger partial charge in [-0.05, 0) is 55.3 Å². The van der Waals surface area contributed by atoms with Crippen molar-refractivity contribution in [3.63, 3.8) is 0 Å². The lowest BCUT2D eigenvalue weighted by Crippen LogP contribution is -2.49. The Labute approximate surface area is 174 Å². The molecule has 0 saturated heterocycles. The van der Waals surface area contributed by atoms with Crippen LogP contribution >= 0.6 is 23.4 Å². The Hall–Kier alpha value is -1.76. The first-order chi connectivity index (χ1) is 13.3. The van der Waals surface area contributed by atoms with Crippen molar-refractivity contribution in [2.24, 2.45) is 0 Å². The lowest BCUT2D eigenvalue weighted by molar-refractivity contribution is -0.385. The zero-order valence-electron chi connectivity index (χ0n) is 16.2. The van der Waals surface area contributed by atoms with Gasteiger partial charge in [0, 0.05) is 40.1 Å². The fraction of sp³-hybridized carbons (Fsp3) is 0.429. The number of aryl methyl sites for hydroxylation is 1. The Morgan fingerprint density at radius 2 is 2.04 bits per heavy atom. The van der Waals surface area contributed by atoms with Gasteiger partial charge in [-0.25, -0.2) is 0 Å². The normalized spacial score (nSPS) is 20.9. The van der Waals surface area contributed by atoms with Crippen LogP contribution < -0.4 is 4.90 Å². The van der Waals surface area contributed by atoms with E-state index in [-0.39, 0.29) is 27.8 Å². The summed E-state index contributed by atoms with van der Waals surface area (Å²) >= 11 is 7.94. The Morgan fingerprint density at radius 1 is 1.29 bits per heavy atom. The van der Waals surface area contributed by atoms with Gasteiger partial charge in [0.2, 0.25) is 0 Å². The lowest BCUT2D eigenvalue weighted by atomic mass is 9.76. The molecule has 0 bridgehead atoms. The van der Waals surface area contributed by atoms with E-state index < -0.39 is 6.23 Å². The van der Waals surface area contributed by atoms with Crippen LogP contribution in [0.5, 0.6) is 0 Å². The number of fused-ring (bicyclic) bond motifs is 1. The standard InChI is InChI=1S/C21H25ClN2O3S/c1-13(28-3)21-19-12-18(24(26)27)9-7-15(19)8-10-20(21)23(14(2)25)17-6-4-5-16(22)11-17/h4-7,9,11-14,20-21,25H,8,10H2,1-3H3. The van der Waals surface area contributed by atoms with Crippen LogP contribution in [0.3, 0.4) is 0 Å². The number of rotatable bonds is 6. The van der Waals surface area contributed by atoms with Gasteiger partial charge in [-0.2, -0.15) is 11.8 Å². The average Bonchev–Trinajstić information content (AvgIpc) is 2.66. The quantitative estimate of drug-likeness (QED) is 0.393. The van der Waals surface area contributed by atoms with Crippen LogP contribution in [0.1, 0.15) is 37.3 Å². The molecule has 0 saturated carbocycles. The minimum absolute atomic E-state index is 0.00965. The first kappa shape index (κ1) is 21.0. The van der Waals surface area contributed by atoms with Gasteiger partial charge in [-0.1, -0.05) is 30.7 Å². The maximum absolute atomic E-state index is 11.4. The topological polar surface area (TPSA) is 66.6 Å². The number of nitro groups is 1. The molecule has 3 rings (SSSR count). The molecule has 4 atom stereocenters. The third-order valence-corrected chi connectivity index (χ3v) is 6.84. The third-order valence-electron chi connectivity index (χ3n) is 5.57. The van der Waals surface area contributed by atoms with Crippen LogP contribution in [0.4, 0.5) is 11.4 Å². The molecule has 0 fully saturated rings. The highest BCUT2D eigenvalue weighted by Crippen LogP contribution is 2.43. The van der Waals surface area contributed by atoms with Crippen molar-refractivity contribution < 1.29 is 10.0 Å². The van der Waals surface area contributed by atoms with E-state index in [0.717, 1.165) is 29.7 Å². The number of benzene rings is 2. The summed E-state index contributed by atoms with van der Waals surface area (Å²) in [5.74, 6) is 0.0484. The van der Waals surface area contributed by atoms with Gasteiger partial charge in [0.05, 0.1) is 4.92 Å². The van der Waals surface area contributed by atoms with Crippen LogP contribution in [0.25, 0.3) is 0 Å². The summed E-state index contributed by atoms with van der Waals surface area (Å²) in [6.07, 6.45) is 3.02. The molecular formula is C21H25ClN2O3S. The number of hydrogen-bond acceptors (Lipinski definition) is 5. The van der Waals surface area contributed by atoms with E-state index in [9.17, 15) is 15.2 Å². The number of hydrogen-bond donors (Lipinski definition) is 1. The van der Waals surface area contributed by atoms with E-state index in [0.29, 0.717) is 5.02 Å². The predicted octanol–water partition coefficient (Wildman–Crippen LogP) is 5.24. The van der Waals surface area contributed by atoms with Crippen LogP contribution in [-0.2, 0) is 6.42 Å². The van der Waals surface area contributed by atoms with Crippen molar-refractivity contribution in [3.8, 4) is 0 Å². The van der Waals surface area contributed by atoms with E-state index in [1.54, 1.807) is 30.8 Å². The SMILES string of the molecule is CSC(C)C1c2cc([N+](=O)[O-])ccc2CCC1N(c1cccc(Cl)c1)C(C)O. The summed E-state index contributed by atoms with van der Waals surface area (Å²) in [4.78, 5) is 13.0. The highest BCUT2D eigenvalue weighted by atomic mass is 35.5. The number of non-ortho nitro benzene ring substituents is 1. The van der Waals surface area contributed by atoms with Gasteiger partial charge in [0.25, 0.3) is 5.69 Å². The van der Waals surface area contributed by atoms with Crippen LogP contribution in [-0.4, -0.2) is 33.8 Å². The number of anilines is 1. The summed E-state index contributed by atoms with van der Waals surface area (Å²) in [6, 6.07) is 12.7. The van der Waals surface area contributed by atoms with Crippen molar-refractivity contribution in [2.45, 2.75) is 50.1 Å². The van der Waals surface area contributed by atoms with E-state index in [2.05, 4.69) is 13.2 Å². The number of halogens is 1. The number of aliphatic hydroxyl groups excluding tert-OH is 1. The molecule has 0 aliphatic heterocycles. The Kier molecular flexibility index (Phi) is 6.53. The Balaban J connectivity index is 2.11. The fourth-order valence-corrected chi connectivity index (χ4v) is 5.08. The van der Waals surface area contributed by atoms with Gasteiger partial charge in [-0.3, -0.25) is 10.1 Å². The van der Waals surface area contributed by atoms with E-state index in [1.807, 2.05) is 35.2 Å². The second kappa shape index (κ2) is 8.72. The van der Waals surface area contributed by atoms with Crippen molar-refractivity contribution in [1.82, 2.24) is 0 Å². The van der Waals surface area contributed by atoms with Crippen molar-refractivity contribution in [3.05, 3.63) is 68.7 Å². The van der Waals surface area contributed by atoms with Crippen LogP contribution in [0, 0.1) is 10.1 Å². The summed E-state index contributed by atoms with van der Waals surface area (Å²) in [6.45, 7) is 3.90. The average molecular weight is 421 g/mol. The predicted molar refractivity (Wildman–Crippen MR) is 117 cm³/mol. The number of nitro benzene ring substituents is 1. The molecule has 1 N–H and O–H groups in total. The van der Waals surface area contributed by atoms with Gasteiger partial charge in [-0.15, -0.1) is 0 Å². The zero-order valence-corrected chi connectivity index (χ0v) is 17.8. The zero-order chi connectivity index (χ0) is 20.4. The maximum Gasteiger partial charge on any atom is 0.269 e. The molecule has 0 heterocycles. The van der Waals surface area contributed by atoms with Crippen molar-refractivity contribution in [2.75, 3.05) is 11.2 Å². The van der Waals surface area contributed by atoms with Gasteiger partial charge in [0.1, 0.15) is 6.23 Å². The molecule has 0 amide bonds. The summed E-state index contributed by atoms with van der Waals surface area (Å²) in [7, 11) is 0. The molecule has 2 aromatic rings. The smallest absolute Gasteiger partial charge is 0.269 e. The van der Waals surface area contributed by atoms with E-state index in [4.69, 9.17) is 11.6 Å². The molecule has 150 valence electrons. The van der Waals surface area contributed by atoms with Gasteiger partial charge in [0.15, 0.2) is 0 Å². The molecule has 4 unspecified atom stereocenters. The number of aliphatic hydroxyl groups is 1. The third kappa shape index (κ3) is 4.14. The number of nitrogens with zero attached hydrogens (tertiary/aromatic N) is 2. The van der Waals surface area contributed by atoms with Crippen molar-refractivity contribution >= 4 is 34.7 Å². The monoisotopic (exact) mass is 420 g/mol. The van der Waals surface area contributed by atoms with Gasteiger partial charge >= 0.3 is 0 Å². The fourth-order valence-electron chi connectivity index (χ4n) is 4.27. The molecule has 0 radical (unpaired) electrons. The highest BCUT2D eigenvalue weighted by Gasteiger charge is 2.39. The molecule has 1 aliphatic rings. The summed E-state index contributed by atoms with van der Waals surface area (Å²) in [5, 5.41) is 22.8. The minimum Gasteiger partial charge on any atom is -0.374 e. The van der Waals surface area contributed by atoms with Crippen LogP contribution in [0.2, 0.25) is 5.02 Å². The Morgan fingerprint density at radius 3 is 2.64 bits per heavy atom. The molecule has 28 heavy (non-hydrogen) atoms. The van der Waals surface area contributed by atoms with E-state index in [1.165, 1.54) is 0 Å². The van der Waals surface area contributed by atoms with Gasteiger partial charge < -0.3 is 10.0 Å². The number of thioether (sulfide) groups is 1. The van der Waals surface area contributed by atoms with Crippen molar-refractivity contribution in [1.29, 1.82) is 0 Å². The highest BCUT2D eigenvalue weighted by molar-refractivity contribution is 7.99. The summed E-state index contributed by atoms with van der Waals surface area (Å²) < 4.78 is 0. The second-order valence-electron chi connectivity index (χ2n) is 7.23. The molecule has 0 aromatic heterocycles. The first-order valence-corrected chi connectivity index (χ1v) is 11.0. The minimum atomic E-state index is -0.708. The molecule has 0 spiro atoms. The van der Waals surface area contributed by atoms with E-state index >= 15 is 0 Å². The lowest BCUT2D eigenvalue weighted by Gasteiger charge is -2.45. The summed E-state index contributed by atoms with van der Waals surface area (Å²) in [5.41, 5.74) is 3.15. The molecule has 2 aromatic carbocycles. The Bertz CT molecular complexity index is 861. The first-order valence-electron chi connectivity index (χ1n) is 9.35.